The first-order valence-corrected chi connectivity index (χ1v) is 5.71. The van der Waals surface area contributed by atoms with Crippen molar-refractivity contribution in [3.63, 3.8) is 0 Å². The fraction of sp³-hybridized carbons (Fsp3) is 0.500. The average molecular weight is 237 g/mol. The maximum atomic E-state index is 11.8. The monoisotopic (exact) mass is 237 g/mol. The first-order valence-electron chi connectivity index (χ1n) is 5.71. The number of ether oxygens (including phenoxy) is 1. The lowest BCUT2D eigenvalue weighted by molar-refractivity contribution is 0.0867. The molecule has 5 heteroatoms. The van der Waals surface area contributed by atoms with E-state index in [0.717, 1.165) is 5.56 Å². The minimum atomic E-state index is -0.194. The maximum absolute atomic E-state index is 11.8. The molecule has 0 radical (unpaired) electrons. The Balaban J connectivity index is 2.51. The van der Waals surface area contributed by atoms with Crippen molar-refractivity contribution in [2.45, 2.75) is 26.4 Å². The van der Waals surface area contributed by atoms with Crippen LogP contribution in [0.4, 0.5) is 0 Å². The molecular weight excluding hydrogens is 218 g/mol. The fourth-order valence-electron chi connectivity index (χ4n) is 1.31. The van der Waals surface area contributed by atoms with E-state index in [1.807, 2.05) is 13.8 Å². The van der Waals surface area contributed by atoms with E-state index in [1.165, 1.54) is 0 Å². The average Bonchev–Trinajstić information content (AvgIpc) is 2.36. The normalized spacial score (nSPS) is 12.2. The van der Waals surface area contributed by atoms with Gasteiger partial charge in [0.1, 0.15) is 5.69 Å². The van der Waals surface area contributed by atoms with Crippen LogP contribution in [0.3, 0.4) is 0 Å². The number of carbonyl (C=O) groups is 1. The van der Waals surface area contributed by atoms with Gasteiger partial charge in [0.25, 0.3) is 5.91 Å². The van der Waals surface area contributed by atoms with Gasteiger partial charge in [0.15, 0.2) is 0 Å². The molecule has 3 N–H and O–H groups in total. The maximum Gasteiger partial charge on any atom is 0.270 e. The van der Waals surface area contributed by atoms with Crippen molar-refractivity contribution in [3.8, 4) is 0 Å². The van der Waals surface area contributed by atoms with Crippen LogP contribution < -0.4 is 11.1 Å². The molecule has 1 atom stereocenters. The van der Waals surface area contributed by atoms with Crippen LogP contribution in [0.2, 0.25) is 0 Å². The number of hydrogen-bond donors (Lipinski definition) is 2. The summed E-state index contributed by atoms with van der Waals surface area (Å²) in [6, 6.07) is 3.44. The van der Waals surface area contributed by atoms with Gasteiger partial charge in [-0.1, -0.05) is 6.07 Å². The summed E-state index contributed by atoms with van der Waals surface area (Å²) >= 11 is 0. The van der Waals surface area contributed by atoms with Crippen LogP contribution in [0.1, 0.15) is 29.9 Å². The molecule has 0 saturated heterocycles. The molecular formula is C12H19N3O2. The lowest BCUT2D eigenvalue weighted by Crippen LogP contribution is -2.36. The highest BCUT2D eigenvalue weighted by atomic mass is 16.5. The highest BCUT2D eigenvalue weighted by molar-refractivity contribution is 5.92. The first kappa shape index (κ1) is 13.6. The van der Waals surface area contributed by atoms with Gasteiger partial charge in [-0.3, -0.25) is 9.78 Å². The Hall–Kier alpha value is -1.46. The third-order valence-electron chi connectivity index (χ3n) is 2.24. The van der Waals surface area contributed by atoms with Gasteiger partial charge in [0, 0.05) is 25.4 Å². The second-order valence-corrected chi connectivity index (χ2v) is 3.79. The van der Waals surface area contributed by atoms with E-state index in [-0.39, 0.29) is 11.9 Å². The van der Waals surface area contributed by atoms with Crippen LogP contribution in [0.15, 0.2) is 18.3 Å². The SMILES string of the molecule is CCOCC(C)NC(=O)c1ccc(CN)cn1. The van der Waals surface area contributed by atoms with E-state index in [0.29, 0.717) is 25.5 Å². The van der Waals surface area contributed by atoms with E-state index in [1.54, 1.807) is 18.3 Å². The smallest absolute Gasteiger partial charge is 0.270 e. The molecule has 0 aliphatic rings. The Bertz CT molecular complexity index is 351. The molecule has 17 heavy (non-hydrogen) atoms. The Labute approximate surface area is 101 Å². The molecule has 0 spiro atoms. The van der Waals surface area contributed by atoms with Crippen molar-refractivity contribution in [1.82, 2.24) is 10.3 Å². The number of nitrogens with one attached hydrogen (secondary N) is 1. The molecule has 0 aromatic carbocycles. The Kier molecular flexibility index (Phi) is 5.59. The Morgan fingerprint density at radius 3 is 2.88 bits per heavy atom. The molecule has 5 nitrogen and oxygen atoms in total. The van der Waals surface area contributed by atoms with Crippen LogP contribution in [0.25, 0.3) is 0 Å². The topological polar surface area (TPSA) is 77.2 Å². The van der Waals surface area contributed by atoms with Gasteiger partial charge in [-0.25, -0.2) is 0 Å². The molecule has 0 saturated carbocycles. The molecule has 0 aliphatic heterocycles. The molecule has 1 unspecified atom stereocenters. The van der Waals surface area contributed by atoms with E-state index in [2.05, 4.69) is 10.3 Å². The van der Waals surface area contributed by atoms with Crippen molar-refractivity contribution in [2.24, 2.45) is 5.73 Å². The highest BCUT2D eigenvalue weighted by Crippen LogP contribution is 2.00. The number of aromatic nitrogens is 1. The van der Waals surface area contributed by atoms with Crippen molar-refractivity contribution < 1.29 is 9.53 Å². The summed E-state index contributed by atoms with van der Waals surface area (Å²) in [4.78, 5) is 15.8. The summed E-state index contributed by atoms with van der Waals surface area (Å²) in [5, 5.41) is 2.81. The number of nitrogens with zero attached hydrogens (tertiary/aromatic N) is 1. The van der Waals surface area contributed by atoms with Gasteiger partial charge in [-0.15, -0.1) is 0 Å². The minimum absolute atomic E-state index is 0.0292. The van der Waals surface area contributed by atoms with Gasteiger partial charge < -0.3 is 15.8 Å². The molecule has 0 aliphatic carbocycles. The molecule has 1 rings (SSSR count). The number of rotatable bonds is 6. The predicted octanol–water partition coefficient (Wildman–Crippen LogP) is 0.695. The van der Waals surface area contributed by atoms with Crippen LogP contribution in [0, 0.1) is 0 Å². The zero-order valence-electron chi connectivity index (χ0n) is 10.3. The van der Waals surface area contributed by atoms with Crippen LogP contribution in [0.5, 0.6) is 0 Å². The number of pyridine rings is 1. The quantitative estimate of drug-likeness (QED) is 0.763. The van der Waals surface area contributed by atoms with Crippen molar-refractivity contribution in [1.29, 1.82) is 0 Å². The molecule has 0 fully saturated rings. The number of hydrogen-bond acceptors (Lipinski definition) is 4. The van der Waals surface area contributed by atoms with Crippen molar-refractivity contribution in [2.75, 3.05) is 13.2 Å². The number of carbonyl (C=O) groups excluding carboxylic acids is 1. The van der Waals surface area contributed by atoms with Crippen LogP contribution in [-0.4, -0.2) is 30.1 Å². The summed E-state index contributed by atoms with van der Waals surface area (Å²) < 4.78 is 5.22. The lowest BCUT2D eigenvalue weighted by atomic mass is 10.2. The summed E-state index contributed by atoms with van der Waals surface area (Å²) in [5.41, 5.74) is 6.75. The first-order chi connectivity index (χ1) is 8.17. The summed E-state index contributed by atoms with van der Waals surface area (Å²) in [5.74, 6) is -0.194. The standard InChI is InChI=1S/C12H19N3O2/c1-3-17-8-9(2)15-12(16)11-5-4-10(6-13)7-14-11/h4-5,7,9H,3,6,8,13H2,1-2H3,(H,15,16). The third-order valence-corrected chi connectivity index (χ3v) is 2.24. The van der Waals surface area contributed by atoms with Gasteiger partial charge >= 0.3 is 0 Å². The zero-order chi connectivity index (χ0) is 12.7. The fourth-order valence-corrected chi connectivity index (χ4v) is 1.31. The molecule has 1 amide bonds. The van der Waals surface area contributed by atoms with Gasteiger partial charge in [0.2, 0.25) is 0 Å². The third kappa shape index (κ3) is 4.50. The predicted molar refractivity (Wildman–Crippen MR) is 65.5 cm³/mol. The molecule has 1 heterocycles. The van der Waals surface area contributed by atoms with E-state index in [9.17, 15) is 4.79 Å². The summed E-state index contributed by atoms with van der Waals surface area (Å²) in [7, 11) is 0. The van der Waals surface area contributed by atoms with Crippen LogP contribution >= 0.6 is 0 Å². The van der Waals surface area contributed by atoms with Crippen molar-refractivity contribution in [3.05, 3.63) is 29.6 Å². The minimum Gasteiger partial charge on any atom is -0.380 e. The van der Waals surface area contributed by atoms with Gasteiger partial charge in [0.05, 0.1) is 6.61 Å². The molecule has 0 bridgehead atoms. The number of nitrogens with two attached hydrogens (primary N) is 1. The second-order valence-electron chi connectivity index (χ2n) is 3.79. The van der Waals surface area contributed by atoms with Gasteiger partial charge in [-0.05, 0) is 25.5 Å². The van der Waals surface area contributed by atoms with E-state index < -0.39 is 0 Å². The van der Waals surface area contributed by atoms with Crippen molar-refractivity contribution >= 4 is 5.91 Å². The van der Waals surface area contributed by atoms with Crippen LogP contribution in [-0.2, 0) is 11.3 Å². The molecule has 1 aromatic rings. The lowest BCUT2D eigenvalue weighted by Gasteiger charge is -2.13. The largest absolute Gasteiger partial charge is 0.380 e. The molecule has 94 valence electrons. The zero-order valence-corrected chi connectivity index (χ0v) is 10.3. The Morgan fingerprint density at radius 2 is 2.35 bits per heavy atom. The Morgan fingerprint density at radius 1 is 1.59 bits per heavy atom. The van der Waals surface area contributed by atoms with E-state index in [4.69, 9.17) is 10.5 Å². The summed E-state index contributed by atoms with van der Waals surface area (Å²) in [6.45, 7) is 5.38. The highest BCUT2D eigenvalue weighted by Gasteiger charge is 2.10. The van der Waals surface area contributed by atoms with E-state index >= 15 is 0 Å². The number of amides is 1. The summed E-state index contributed by atoms with van der Waals surface area (Å²) in [6.07, 6.45) is 1.61. The molecule has 1 aromatic heterocycles. The van der Waals surface area contributed by atoms with Gasteiger partial charge in [-0.2, -0.15) is 0 Å². The second kappa shape index (κ2) is 6.98.